The number of benzene rings is 1. The highest BCUT2D eigenvalue weighted by atomic mass is 16.5. The van der Waals surface area contributed by atoms with Gasteiger partial charge in [-0.15, -0.1) is 0 Å². The fourth-order valence-electron chi connectivity index (χ4n) is 1.42. The van der Waals surface area contributed by atoms with Gasteiger partial charge in [-0.05, 0) is 31.5 Å². The van der Waals surface area contributed by atoms with Crippen molar-refractivity contribution < 1.29 is 9.47 Å². The Morgan fingerprint density at radius 1 is 1.20 bits per heavy atom. The quantitative estimate of drug-likeness (QED) is 0.807. The molecule has 0 fully saturated rings. The van der Waals surface area contributed by atoms with Gasteiger partial charge in [0.25, 0.3) is 0 Å². The summed E-state index contributed by atoms with van der Waals surface area (Å²) in [7, 11) is 1.65. The van der Waals surface area contributed by atoms with Crippen molar-refractivity contribution in [2.24, 2.45) is 5.73 Å². The van der Waals surface area contributed by atoms with Crippen LogP contribution in [0.5, 0.6) is 5.75 Å². The average Bonchev–Trinajstić information content (AvgIpc) is 2.26. The van der Waals surface area contributed by atoms with Gasteiger partial charge in [0, 0.05) is 6.54 Å². The molecule has 0 aliphatic rings. The first-order chi connectivity index (χ1) is 7.17. The molecule has 84 valence electrons. The Balaban J connectivity index is 2.74. The molecule has 3 nitrogen and oxygen atoms in total. The summed E-state index contributed by atoms with van der Waals surface area (Å²) in [4.78, 5) is 0. The number of hydrogen-bond donors (Lipinski definition) is 1. The first-order valence-corrected chi connectivity index (χ1v) is 5.17. The Labute approximate surface area is 91.2 Å². The lowest BCUT2D eigenvalue weighted by Crippen LogP contribution is -2.19. The SMILES string of the molecule is COc1ccc([C@@H](CN)OC(C)C)cc1. The van der Waals surface area contributed by atoms with E-state index in [2.05, 4.69) is 0 Å². The van der Waals surface area contributed by atoms with Gasteiger partial charge in [-0.25, -0.2) is 0 Å². The Kier molecular flexibility index (Phi) is 4.59. The van der Waals surface area contributed by atoms with Crippen molar-refractivity contribution >= 4 is 0 Å². The molecule has 1 rings (SSSR count). The summed E-state index contributed by atoms with van der Waals surface area (Å²) < 4.78 is 10.8. The minimum Gasteiger partial charge on any atom is -0.497 e. The van der Waals surface area contributed by atoms with Crippen molar-refractivity contribution in [3.63, 3.8) is 0 Å². The third-order valence-corrected chi connectivity index (χ3v) is 2.14. The lowest BCUT2D eigenvalue weighted by atomic mass is 10.1. The molecule has 0 spiro atoms. The van der Waals surface area contributed by atoms with Gasteiger partial charge < -0.3 is 15.2 Å². The van der Waals surface area contributed by atoms with Crippen molar-refractivity contribution in [3.05, 3.63) is 29.8 Å². The standard InChI is InChI=1S/C12H19NO2/c1-9(2)15-12(8-13)10-4-6-11(14-3)7-5-10/h4-7,9,12H,8,13H2,1-3H3/t12-/m1/s1. The molecule has 0 aliphatic carbocycles. The molecule has 1 aromatic rings. The van der Waals surface area contributed by atoms with Crippen LogP contribution >= 0.6 is 0 Å². The minimum atomic E-state index is -0.0316. The molecule has 0 aliphatic heterocycles. The first kappa shape index (κ1) is 12.0. The average molecular weight is 209 g/mol. The maximum Gasteiger partial charge on any atom is 0.118 e. The molecule has 1 atom stereocenters. The molecule has 0 radical (unpaired) electrons. The van der Waals surface area contributed by atoms with E-state index in [1.165, 1.54) is 0 Å². The van der Waals surface area contributed by atoms with Crippen LogP contribution in [-0.2, 0) is 4.74 Å². The Bertz CT molecular complexity index is 282. The Morgan fingerprint density at radius 3 is 2.20 bits per heavy atom. The van der Waals surface area contributed by atoms with Gasteiger partial charge in [-0.2, -0.15) is 0 Å². The Morgan fingerprint density at radius 2 is 1.80 bits per heavy atom. The number of nitrogens with two attached hydrogens (primary N) is 1. The predicted octanol–water partition coefficient (Wildman–Crippen LogP) is 2.12. The van der Waals surface area contributed by atoms with Crippen molar-refractivity contribution in [3.8, 4) is 5.75 Å². The monoisotopic (exact) mass is 209 g/mol. The second kappa shape index (κ2) is 5.73. The summed E-state index contributed by atoms with van der Waals surface area (Å²) in [6.45, 7) is 4.50. The third kappa shape index (κ3) is 3.53. The highest BCUT2D eigenvalue weighted by Gasteiger charge is 2.11. The van der Waals surface area contributed by atoms with E-state index in [4.69, 9.17) is 15.2 Å². The Hall–Kier alpha value is -1.06. The van der Waals surface area contributed by atoms with E-state index in [9.17, 15) is 0 Å². The fourth-order valence-corrected chi connectivity index (χ4v) is 1.42. The maximum atomic E-state index is 5.69. The van der Waals surface area contributed by atoms with Gasteiger partial charge in [0.05, 0.1) is 19.3 Å². The van der Waals surface area contributed by atoms with Crippen molar-refractivity contribution in [2.75, 3.05) is 13.7 Å². The van der Waals surface area contributed by atoms with Gasteiger partial charge >= 0.3 is 0 Å². The lowest BCUT2D eigenvalue weighted by molar-refractivity contribution is 0.0119. The van der Waals surface area contributed by atoms with Crippen molar-refractivity contribution in [2.45, 2.75) is 26.1 Å². The van der Waals surface area contributed by atoms with Gasteiger partial charge in [0.15, 0.2) is 0 Å². The highest BCUT2D eigenvalue weighted by Crippen LogP contribution is 2.20. The number of rotatable bonds is 5. The number of methoxy groups -OCH3 is 1. The molecule has 0 unspecified atom stereocenters. The topological polar surface area (TPSA) is 44.5 Å². The second-order valence-corrected chi connectivity index (χ2v) is 3.68. The summed E-state index contributed by atoms with van der Waals surface area (Å²) in [6.07, 6.45) is 0.150. The molecule has 1 aromatic carbocycles. The van der Waals surface area contributed by atoms with E-state index in [0.717, 1.165) is 11.3 Å². The largest absolute Gasteiger partial charge is 0.497 e. The normalized spacial score (nSPS) is 12.9. The van der Waals surface area contributed by atoms with Crippen molar-refractivity contribution in [1.29, 1.82) is 0 Å². The smallest absolute Gasteiger partial charge is 0.118 e. The van der Waals surface area contributed by atoms with Crippen LogP contribution in [0.25, 0.3) is 0 Å². The van der Waals surface area contributed by atoms with Crippen molar-refractivity contribution in [1.82, 2.24) is 0 Å². The van der Waals surface area contributed by atoms with E-state index in [1.54, 1.807) is 7.11 Å². The van der Waals surface area contributed by atoms with Crippen LogP contribution in [-0.4, -0.2) is 19.8 Å². The van der Waals surface area contributed by atoms with Crippen LogP contribution in [0.4, 0.5) is 0 Å². The molecule has 0 aromatic heterocycles. The van der Waals surface area contributed by atoms with Crippen LogP contribution in [0, 0.1) is 0 Å². The van der Waals surface area contributed by atoms with Crippen LogP contribution in [0.15, 0.2) is 24.3 Å². The van der Waals surface area contributed by atoms with E-state index in [0.29, 0.717) is 6.54 Å². The molecular formula is C12H19NO2. The molecule has 0 amide bonds. The molecule has 0 heterocycles. The van der Waals surface area contributed by atoms with Crippen LogP contribution in [0.3, 0.4) is 0 Å². The third-order valence-electron chi connectivity index (χ3n) is 2.14. The van der Waals surface area contributed by atoms with Gasteiger partial charge in [-0.1, -0.05) is 12.1 Å². The van der Waals surface area contributed by atoms with Crippen LogP contribution < -0.4 is 10.5 Å². The second-order valence-electron chi connectivity index (χ2n) is 3.68. The van der Waals surface area contributed by atoms with E-state index in [-0.39, 0.29) is 12.2 Å². The van der Waals surface area contributed by atoms with Gasteiger partial charge in [0.1, 0.15) is 5.75 Å². The summed E-state index contributed by atoms with van der Waals surface area (Å²) in [5.74, 6) is 0.846. The molecular weight excluding hydrogens is 190 g/mol. The molecule has 0 saturated heterocycles. The maximum absolute atomic E-state index is 5.69. The highest BCUT2D eigenvalue weighted by molar-refractivity contribution is 5.28. The molecule has 3 heteroatoms. The number of hydrogen-bond acceptors (Lipinski definition) is 3. The van der Waals surface area contributed by atoms with E-state index < -0.39 is 0 Å². The fraction of sp³-hybridized carbons (Fsp3) is 0.500. The molecule has 0 saturated carbocycles. The van der Waals surface area contributed by atoms with Crippen LogP contribution in [0.1, 0.15) is 25.5 Å². The summed E-state index contributed by atoms with van der Waals surface area (Å²) in [5.41, 5.74) is 6.76. The summed E-state index contributed by atoms with van der Waals surface area (Å²) >= 11 is 0. The predicted molar refractivity (Wildman–Crippen MR) is 61.0 cm³/mol. The van der Waals surface area contributed by atoms with E-state index >= 15 is 0 Å². The minimum absolute atomic E-state index is 0.0316. The molecule has 2 N–H and O–H groups in total. The van der Waals surface area contributed by atoms with Crippen LogP contribution in [0.2, 0.25) is 0 Å². The van der Waals surface area contributed by atoms with Gasteiger partial charge in [-0.3, -0.25) is 0 Å². The molecule has 0 bridgehead atoms. The van der Waals surface area contributed by atoms with E-state index in [1.807, 2.05) is 38.1 Å². The van der Waals surface area contributed by atoms with Gasteiger partial charge in [0.2, 0.25) is 0 Å². The zero-order valence-electron chi connectivity index (χ0n) is 9.57. The summed E-state index contributed by atoms with van der Waals surface area (Å²) in [5, 5.41) is 0. The number of ether oxygens (including phenoxy) is 2. The molecule has 15 heavy (non-hydrogen) atoms. The lowest BCUT2D eigenvalue weighted by Gasteiger charge is -2.19. The zero-order valence-corrected chi connectivity index (χ0v) is 9.57. The summed E-state index contributed by atoms with van der Waals surface area (Å²) in [6, 6.07) is 7.81. The first-order valence-electron chi connectivity index (χ1n) is 5.17. The zero-order chi connectivity index (χ0) is 11.3.